The molecular formula is C11H13F3N4O. The molecule has 2 atom stereocenters. The molecule has 0 radical (unpaired) electrons. The Kier molecular flexibility index (Phi) is 3.59. The van der Waals surface area contributed by atoms with Crippen molar-refractivity contribution in [2.24, 2.45) is 11.7 Å². The topological polar surface area (TPSA) is 80.9 Å². The van der Waals surface area contributed by atoms with Gasteiger partial charge in [0.15, 0.2) is 0 Å². The van der Waals surface area contributed by atoms with E-state index in [4.69, 9.17) is 5.73 Å². The molecule has 1 saturated carbocycles. The van der Waals surface area contributed by atoms with Crippen molar-refractivity contribution in [1.82, 2.24) is 9.97 Å². The zero-order valence-electron chi connectivity index (χ0n) is 9.94. The average Bonchev–Trinajstić information content (AvgIpc) is 2.77. The van der Waals surface area contributed by atoms with E-state index in [9.17, 15) is 18.0 Å². The van der Waals surface area contributed by atoms with Gasteiger partial charge in [0.2, 0.25) is 11.9 Å². The van der Waals surface area contributed by atoms with Crippen molar-refractivity contribution in [3.05, 3.63) is 18.0 Å². The fourth-order valence-corrected chi connectivity index (χ4v) is 2.10. The number of aromatic nitrogens is 2. The summed E-state index contributed by atoms with van der Waals surface area (Å²) < 4.78 is 36.9. The third-order valence-electron chi connectivity index (χ3n) is 3.15. The molecule has 0 spiro atoms. The van der Waals surface area contributed by atoms with E-state index < -0.39 is 11.7 Å². The Hall–Kier alpha value is -1.86. The first-order valence-corrected chi connectivity index (χ1v) is 5.81. The molecule has 0 bridgehead atoms. The van der Waals surface area contributed by atoms with E-state index in [0.717, 1.165) is 18.8 Å². The van der Waals surface area contributed by atoms with Gasteiger partial charge in [0.1, 0.15) is 0 Å². The van der Waals surface area contributed by atoms with E-state index >= 15 is 0 Å². The fourth-order valence-electron chi connectivity index (χ4n) is 2.10. The minimum Gasteiger partial charge on any atom is -0.369 e. The lowest BCUT2D eigenvalue weighted by Gasteiger charge is -2.13. The number of hydrogen-bond donors (Lipinski definition) is 2. The van der Waals surface area contributed by atoms with Gasteiger partial charge in [-0.2, -0.15) is 13.2 Å². The van der Waals surface area contributed by atoms with Crippen molar-refractivity contribution >= 4 is 11.9 Å². The third kappa shape index (κ3) is 3.33. The maximum atomic E-state index is 12.3. The number of nitrogens with two attached hydrogens (primary N) is 1. The Morgan fingerprint density at radius 3 is 2.42 bits per heavy atom. The van der Waals surface area contributed by atoms with Crippen LogP contribution in [0, 0.1) is 5.92 Å². The van der Waals surface area contributed by atoms with Crippen LogP contribution in [0.4, 0.5) is 19.1 Å². The Morgan fingerprint density at radius 1 is 1.32 bits per heavy atom. The molecule has 1 aliphatic rings. The Bertz CT molecular complexity index is 460. The summed E-state index contributed by atoms with van der Waals surface area (Å²) in [5.74, 6) is -0.410. The van der Waals surface area contributed by atoms with Crippen molar-refractivity contribution in [3.63, 3.8) is 0 Å². The smallest absolute Gasteiger partial charge is 0.369 e. The van der Waals surface area contributed by atoms with Gasteiger partial charge < -0.3 is 11.1 Å². The highest BCUT2D eigenvalue weighted by Gasteiger charge is 2.32. The van der Waals surface area contributed by atoms with Crippen LogP contribution in [-0.4, -0.2) is 21.9 Å². The van der Waals surface area contributed by atoms with Gasteiger partial charge in [-0.1, -0.05) is 0 Å². The van der Waals surface area contributed by atoms with Crippen molar-refractivity contribution in [2.75, 3.05) is 5.32 Å². The first kappa shape index (κ1) is 13.6. The number of nitrogens with zero attached hydrogens (tertiary/aromatic N) is 2. The number of hydrogen-bond acceptors (Lipinski definition) is 4. The van der Waals surface area contributed by atoms with Crippen LogP contribution in [0.25, 0.3) is 0 Å². The number of carbonyl (C=O) groups is 1. The minimum absolute atomic E-state index is 0.0331. The number of anilines is 1. The molecule has 8 heteroatoms. The van der Waals surface area contributed by atoms with Crippen LogP contribution < -0.4 is 11.1 Å². The number of rotatable bonds is 3. The second-order valence-corrected chi connectivity index (χ2v) is 4.55. The molecule has 1 aliphatic carbocycles. The number of carbonyl (C=O) groups excluding carboxylic acids is 1. The molecule has 5 nitrogen and oxygen atoms in total. The normalized spacial score (nSPS) is 23.3. The molecule has 104 valence electrons. The molecule has 1 heterocycles. The molecule has 2 rings (SSSR count). The molecule has 1 fully saturated rings. The monoisotopic (exact) mass is 274 g/mol. The molecule has 2 unspecified atom stereocenters. The second-order valence-electron chi connectivity index (χ2n) is 4.55. The zero-order valence-corrected chi connectivity index (χ0v) is 9.94. The first-order chi connectivity index (χ1) is 8.86. The predicted molar refractivity (Wildman–Crippen MR) is 61.0 cm³/mol. The average molecular weight is 274 g/mol. The molecule has 1 amide bonds. The number of amides is 1. The summed E-state index contributed by atoms with van der Waals surface area (Å²) in [4.78, 5) is 18.2. The summed E-state index contributed by atoms with van der Waals surface area (Å²) in [5, 5.41) is 2.91. The molecule has 3 N–H and O–H groups in total. The SMILES string of the molecule is NC(=O)C1CCC(Nc2ncc(C(F)(F)F)cn2)C1. The van der Waals surface area contributed by atoms with E-state index in [-0.39, 0.29) is 23.8 Å². The Morgan fingerprint density at radius 2 is 1.95 bits per heavy atom. The van der Waals surface area contributed by atoms with E-state index in [2.05, 4.69) is 15.3 Å². The van der Waals surface area contributed by atoms with E-state index in [1.165, 1.54) is 0 Å². The lowest BCUT2D eigenvalue weighted by Crippen LogP contribution is -2.23. The second kappa shape index (κ2) is 5.02. The Balaban J connectivity index is 1.96. The quantitative estimate of drug-likeness (QED) is 0.876. The summed E-state index contributed by atoms with van der Waals surface area (Å²) in [6, 6.07) is -0.0331. The van der Waals surface area contributed by atoms with Gasteiger partial charge in [-0.05, 0) is 19.3 Å². The number of nitrogens with one attached hydrogen (secondary N) is 1. The van der Waals surface area contributed by atoms with Crippen LogP contribution in [0.3, 0.4) is 0 Å². The number of halogens is 3. The molecule has 0 saturated heterocycles. The zero-order chi connectivity index (χ0) is 14.0. The Labute approximate surface area is 107 Å². The van der Waals surface area contributed by atoms with Gasteiger partial charge in [-0.25, -0.2) is 9.97 Å². The highest BCUT2D eigenvalue weighted by molar-refractivity contribution is 5.77. The standard InChI is InChI=1S/C11H13F3N4O/c12-11(13,14)7-4-16-10(17-5-7)18-8-2-1-6(3-8)9(15)19/h4-6,8H,1-3H2,(H2,15,19)(H,16,17,18). The van der Waals surface area contributed by atoms with Crippen molar-refractivity contribution < 1.29 is 18.0 Å². The minimum atomic E-state index is -4.44. The van der Waals surface area contributed by atoms with Crippen molar-refractivity contribution in [2.45, 2.75) is 31.5 Å². The van der Waals surface area contributed by atoms with Gasteiger partial charge in [-0.3, -0.25) is 4.79 Å². The molecule has 0 aromatic carbocycles. The maximum absolute atomic E-state index is 12.3. The van der Waals surface area contributed by atoms with Crippen LogP contribution in [0.1, 0.15) is 24.8 Å². The number of alkyl halides is 3. The lowest BCUT2D eigenvalue weighted by molar-refractivity contribution is -0.138. The summed E-state index contributed by atoms with van der Waals surface area (Å²) in [7, 11) is 0. The van der Waals surface area contributed by atoms with E-state index in [1.807, 2.05) is 0 Å². The molecule has 0 aliphatic heterocycles. The largest absolute Gasteiger partial charge is 0.419 e. The van der Waals surface area contributed by atoms with E-state index in [1.54, 1.807) is 0 Å². The number of primary amides is 1. The molecular weight excluding hydrogens is 261 g/mol. The van der Waals surface area contributed by atoms with Crippen molar-refractivity contribution in [3.8, 4) is 0 Å². The van der Waals surface area contributed by atoms with Gasteiger partial charge in [0, 0.05) is 24.4 Å². The van der Waals surface area contributed by atoms with Crippen LogP contribution >= 0.6 is 0 Å². The highest BCUT2D eigenvalue weighted by Crippen LogP contribution is 2.29. The van der Waals surface area contributed by atoms with Crippen LogP contribution in [0.2, 0.25) is 0 Å². The van der Waals surface area contributed by atoms with Crippen LogP contribution in [0.15, 0.2) is 12.4 Å². The van der Waals surface area contributed by atoms with Gasteiger partial charge >= 0.3 is 6.18 Å². The predicted octanol–water partition coefficient (Wildman–Crippen LogP) is 1.56. The molecule has 1 aromatic heterocycles. The van der Waals surface area contributed by atoms with E-state index in [0.29, 0.717) is 12.8 Å². The third-order valence-corrected chi connectivity index (χ3v) is 3.15. The van der Waals surface area contributed by atoms with Gasteiger partial charge in [0.25, 0.3) is 0 Å². The molecule has 19 heavy (non-hydrogen) atoms. The van der Waals surface area contributed by atoms with Gasteiger partial charge in [-0.15, -0.1) is 0 Å². The summed E-state index contributed by atoms with van der Waals surface area (Å²) in [6.07, 6.45) is -1.03. The summed E-state index contributed by atoms with van der Waals surface area (Å²) in [5.41, 5.74) is 4.31. The first-order valence-electron chi connectivity index (χ1n) is 5.81. The van der Waals surface area contributed by atoms with Crippen LogP contribution in [0.5, 0.6) is 0 Å². The lowest BCUT2D eigenvalue weighted by atomic mass is 10.1. The molecule has 1 aromatic rings. The summed E-state index contributed by atoms with van der Waals surface area (Å²) in [6.45, 7) is 0. The fraction of sp³-hybridized carbons (Fsp3) is 0.545. The highest BCUT2D eigenvalue weighted by atomic mass is 19.4. The van der Waals surface area contributed by atoms with Crippen LogP contribution in [-0.2, 0) is 11.0 Å². The van der Waals surface area contributed by atoms with Gasteiger partial charge in [0.05, 0.1) is 5.56 Å². The maximum Gasteiger partial charge on any atom is 0.419 e. The van der Waals surface area contributed by atoms with Crippen molar-refractivity contribution in [1.29, 1.82) is 0 Å². The summed E-state index contributed by atoms with van der Waals surface area (Å²) >= 11 is 0.